The highest BCUT2D eigenvalue weighted by Crippen LogP contribution is 2.30. The molecule has 0 bridgehead atoms. The highest BCUT2D eigenvalue weighted by atomic mass is 19.1. The topological polar surface area (TPSA) is 53.9 Å². The minimum atomic E-state index is -1.10. The van der Waals surface area contributed by atoms with Crippen LogP contribution in [0.25, 0.3) is 10.8 Å². The van der Waals surface area contributed by atoms with Crippen LogP contribution in [0.1, 0.15) is 18.1 Å². The van der Waals surface area contributed by atoms with Gasteiger partial charge in [0.05, 0.1) is 7.05 Å². The van der Waals surface area contributed by atoms with Crippen molar-refractivity contribution in [2.45, 2.75) is 19.0 Å². The number of benzene rings is 3. The van der Waals surface area contributed by atoms with Gasteiger partial charge in [-0.2, -0.15) is 0 Å². The van der Waals surface area contributed by atoms with Crippen molar-refractivity contribution in [2.75, 3.05) is 13.7 Å². The number of carbonyl (C=O) groups is 2. The van der Waals surface area contributed by atoms with E-state index < -0.39 is 11.6 Å². The summed E-state index contributed by atoms with van der Waals surface area (Å²) in [6.07, 6.45) is 0. The molecule has 148 valence electrons. The Bertz CT molecular complexity index is 1080. The first-order valence-corrected chi connectivity index (χ1v) is 9.56. The fraction of sp³-hybridized carbons (Fsp3) is 0.217. The molecule has 4 rings (SSSR count). The van der Waals surface area contributed by atoms with E-state index in [0.717, 1.165) is 26.8 Å². The van der Waals surface area contributed by atoms with Crippen LogP contribution in [0.5, 0.6) is 0 Å². The van der Waals surface area contributed by atoms with E-state index in [9.17, 15) is 14.0 Å². The number of carbonyl (C=O) groups excluding carboxylic acids is 2. The predicted molar refractivity (Wildman–Crippen MR) is 109 cm³/mol. The SMILES string of the molecule is C[NH+](Cc1ccc(F)cc1)CN1C(=O)N[C@](C)(c2ccc3ccccc3c2)C1=O. The smallest absolute Gasteiger partial charge is 0.319 e. The quantitative estimate of drug-likeness (QED) is 0.656. The van der Waals surface area contributed by atoms with Gasteiger partial charge < -0.3 is 10.2 Å². The third-order valence-electron chi connectivity index (χ3n) is 5.45. The minimum Gasteiger partial charge on any atom is -0.319 e. The predicted octanol–water partition coefficient (Wildman–Crippen LogP) is 2.42. The van der Waals surface area contributed by atoms with Gasteiger partial charge in [0.15, 0.2) is 6.67 Å². The summed E-state index contributed by atoms with van der Waals surface area (Å²) in [5.74, 6) is -0.553. The molecular weight excluding hydrogens is 369 g/mol. The van der Waals surface area contributed by atoms with Gasteiger partial charge in [-0.3, -0.25) is 4.79 Å². The van der Waals surface area contributed by atoms with E-state index in [1.807, 2.05) is 49.5 Å². The first kappa shape index (κ1) is 19.1. The fourth-order valence-electron chi connectivity index (χ4n) is 3.81. The molecule has 3 amide bonds. The van der Waals surface area contributed by atoms with E-state index in [-0.39, 0.29) is 18.4 Å². The van der Waals surface area contributed by atoms with Gasteiger partial charge in [-0.15, -0.1) is 0 Å². The number of nitrogens with zero attached hydrogens (tertiary/aromatic N) is 1. The first-order chi connectivity index (χ1) is 13.9. The molecule has 1 unspecified atom stereocenters. The van der Waals surface area contributed by atoms with Gasteiger partial charge in [-0.05, 0) is 41.5 Å². The molecule has 0 saturated carbocycles. The average molecular weight is 392 g/mol. The Morgan fingerprint density at radius 1 is 1.00 bits per heavy atom. The number of amides is 3. The molecule has 0 radical (unpaired) electrons. The summed E-state index contributed by atoms with van der Waals surface area (Å²) in [6.45, 7) is 2.54. The Balaban J connectivity index is 1.53. The molecule has 0 spiro atoms. The summed E-state index contributed by atoms with van der Waals surface area (Å²) in [6, 6.07) is 19.6. The van der Waals surface area contributed by atoms with Gasteiger partial charge in [-0.1, -0.05) is 48.5 Å². The first-order valence-electron chi connectivity index (χ1n) is 9.56. The Morgan fingerprint density at radius 2 is 1.69 bits per heavy atom. The summed E-state index contributed by atoms with van der Waals surface area (Å²) < 4.78 is 13.1. The van der Waals surface area contributed by atoms with Gasteiger partial charge in [0.25, 0.3) is 5.91 Å². The Labute approximate surface area is 168 Å². The Morgan fingerprint density at radius 3 is 2.41 bits per heavy atom. The Kier molecular flexibility index (Phi) is 4.80. The number of urea groups is 1. The van der Waals surface area contributed by atoms with Gasteiger partial charge in [-0.25, -0.2) is 14.1 Å². The number of halogens is 1. The molecule has 6 heteroatoms. The largest absolute Gasteiger partial charge is 0.329 e. The molecule has 0 aliphatic carbocycles. The van der Waals surface area contributed by atoms with E-state index >= 15 is 0 Å². The lowest BCUT2D eigenvalue weighted by Gasteiger charge is -2.23. The molecule has 2 atom stereocenters. The van der Waals surface area contributed by atoms with Crippen LogP contribution in [-0.2, 0) is 16.9 Å². The van der Waals surface area contributed by atoms with Crippen molar-refractivity contribution >= 4 is 22.7 Å². The lowest BCUT2D eigenvalue weighted by molar-refractivity contribution is -0.901. The second-order valence-corrected chi connectivity index (χ2v) is 7.77. The second-order valence-electron chi connectivity index (χ2n) is 7.77. The van der Waals surface area contributed by atoms with Crippen molar-refractivity contribution in [1.29, 1.82) is 0 Å². The van der Waals surface area contributed by atoms with Crippen molar-refractivity contribution in [2.24, 2.45) is 0 Å². The number of nitrogens with one attached hydrogen (secondary N) is 2. The molecule has 2 N–H and O–H groups in total. The number of quaternary nitrogens is 1. The van der Waals surface area contributed by atoms with Crippen LogP contribution in [0.2, 0.25) is 0 Å². The minimum absolute atomic E-state index is 0.227. The van der Waals surface area contributed by atoms with Crippen molar-refractivity contribution in [1.82, 2.24) is 10.2 Å². The fourth-order valence-corrected chi connectivity index (χ4v) is 3.81. The number of imide groups is 1. The number of hydrogen-bond acceptors (Lipinski definition) is 2. The van der Waals surface area contributed by atoms with Gasteiger partial charge in [0.2, 0.25) is 0 Å². The zero-order chi connectivity index (χ0) is 20.6. The van der Waals surface area contributed by atoms with E-state index in [2.05, 4.69) is 5.32 Å². The third-order valence-corrected chi connectivity index (χ3v) is 5.45. The summed E-state index contributed by atoms with van der Waals surface area (Å²) >= 11 is 0. The van der Waals surface area contributed by atoms with E-state index in [1.165, 1.54) is 17.0 Å². The maximum atomic E-state index is 13.2. The summed E-state index contributed by atoms with van der Waals surface area (Å²) in [5, 5.41) is 4.96. The van der Waals surface area contributed by atoms with Gasteiger partial charge in [0.1, 0.15) is 17.9 Å². The van der Waals surface area contributed by atoms with Crippen LogP contribution in [-0.4, -0.2) is 30.6 Å². The highest BCUT2D eigenvalue weighted by Gasteiger charge is 2.50. The van der Waals surface area contributed by atoms with Crippen LogP contribution in [0.15, 0.2) is 66.7 Å². The van der Waals surface area contributed by atoms with Gasteiger partial charge in [0, 0.05) is 5.56 Å². The molecule has 1 heterocycles. The normalized spacial score (nSPS) is 20.2. The summed E-state index contributed by atoms with van der Waals surface area (Å²) in [7, 11) is 1.90. The molecule has 1 fully saturated rings. The van der Waals surface area contributed by atoms with Crippen LogP contribution in [0.3, 0.4) is 0 Å². The molecule has 5 nitrogen and oxygen atoms in total. The van der Waals surface area contributed by atoms with E-state index in [0.29, 0.717) is 6.54 Å². The van der Waals surface area contributed by atoms with Crippen molar-refractivity contribution in [3.8, 4) is 0 Å². The molecule has 1 aliphatic heterocycles. The van der Waals surface area contributed by atoms with Crippen molar-refractivity contribution in [3.05, 3.63) is 83.7 Å². The third kappa shape index (κ3) is 3.59. The zero-order valence-corrected chi connectivity index (χ0v) is 16.4. The molecule has 29 heavy (non-hydrogen) atoms. The number of hydrogen-bond donors (Lipinski definition) is 2. The summed E-state index contributed by atoms with van der Waals surface area (Å²) in [4.78, 5) is 28.0. The maximum absolute atomic E-state index is 13.2. The lowest BCUT2D eigenvalue weighted by atomic mass is 9.90. The monoisotopic (exact) mass is 392 g/mol. The molecule has 3 aromatic carbocycles. The zero-order valence-electron chi connectivity index (χ0n) is 16.4. The second kappa shape index (κ2) is 7.29. The summed E-state index contributed by atoms with van der Waals surface area (Å²) in [5.41, 5.74) is 0.596. The molecule has 1 aliphatic rings. The molecule has 3 aromatic rings. The highest BCUT2D eigenvalue weighted by molar-refractivity contribution is 6.07. The number of fused-ring (bicyclic) bond motifs is 1. The van der Waals surface area contributed by atoms with Crippen LogP contribution >= 0.6 is 0 Å². The van der Waals surface area contributed by atoms with E-state index in [1.54, 1.807) is 19.1 Å². The van der Waals surface area contributed by atoms with Gasteiger partial charge >= 0.3 is 6.03 Å². The van der Waals surface area contributed by atoms with Crippen LogP contribution in [0, 0.1) is 5.82 Å². The maximum Gasteiger partial charge on any atom is 0.329 e. The van der Waals surface area contributed by atoms with E-state index in [4.69, 9.17) is 0 Å². The standard InChI is InChI=1S/C23H22FN3O2/c1-23(19-10-9-17-5-3-4-6-18(17)13-19)21(28)27(22(29)25-23)15-26(2)14-16-7-11-20(24)12-8-16/h3-13H,14-15H2,1-2H3,(H,25,29)/p+1/t23-/m1/s1. The lowest BCUT2D eigenvalue weighted by Crippen LogP contribution is -3.09. The van der Waals surface area contributed by atoms with Crippen LogP contribution in [0.4, 0.5) is 9.18 Å². The van der Waals surface area contributed by atoms with Crippen molar-refractivity contribution in [3.63, 3.8) is 0 Å². The molecule has 1 saturated heterocycles. The Hall–Kier alpha value is -3.25. The van der Waals surface area contributed by atoms with Crippen molar-refractivity contribution < 1.29 is 18.9 Å². The molecule has 0 aromatic heterocycles. The van der Waals surface area contributed by atoms with Crippen LogP contribution < -0.4 is 10.2 Å². The molecular formula is C23H23FN3O2+. The average Bonchev–Trinajstić information content (AvgIpc) is 2.93. The number of rotatable bonds is 5.